The number of rotatable bonds is 8. The maximum Gasteiger partial charge on any atom is 0.407 e. The van der Waals surface area contributed by atoms with Gasteiger partial charge in [-0.25, -0.2) is 4.79 Å². The molecule has 0 saturated heterocycles. The lowest BCUT2D eigenvalue weighted by Crippen LogP contribution is -2.32. The maximum atomic E-state index is 11.7. The lowest BCUT2D eigenvalue weighted by molar-refractivity contribution is 0.0523. The highest BCUT2D eigenvalue weighted by Crippen LogP contribution is 2.10. The molecule has 0 heterocycles. The van der Waals surface area contributed by atoms with Crippen LogP contribution in [0.15, 0.2) is 24.3 Å². The Labute approximate surface area is 138 Å². The molecule has 124 valence electrons. The van der Waals surface area contributed by atoms with Crippen molar-refractivity contribution in [1.29, 1.82) is 0 Å². The highest BCUT2D eigenvalue weighted by Gasteiger charge is 2.15. The molecule has 0 aliphatic rings. The van der Waals surface area contributed by atoms with Crippen LogP contribution in [-0.4, -0.2) is 30.2 Å². The van der Waals surface area contributed by atoms with Gasteiger partial charge in [0.25, 0.3) is 0 Å². The Hall–Kier alpha value is -1.20. The van der Waals surface area contributed by atoms with Crippen LogP contribution in [0, 0.1) is 0 Å². The molecular formula is C17H28N2O2S. The van der Waals surface area contributed by atoms with Crippen molar-refractivity contribution < 1.29 is 9.53 Å². The molecule has 2 N–H and O–H groups in total. The number of benzene rings is 1. The van der Waals surface area contributed by atoms with Gasteiger partial charge < -0.3 is 15.4 Å². The van der Waals surface area contributed by atoms with Gasteiger partial charge in [-0.15, -0.1) is 0 Å². The molecule has 1 rings (SSSR count). The molecular weight excluding hydrogens is 296 g/mol. The van der Waals surface area contributed by atoms with Crippen LogP contribution in [0.5, 0.6) is 0 Å². The average molecular weight is 324 g/mol. The Bertz CT molecular complexity index is 458. The number of ether oxygens (including phenoxy) is 1. The topological polar surface area (TPSA) is 50.4 Å². The zero-order valence-corrected chi connectivity index (χ0v) is 14.9. The summed E-state index contributed by atoms with van der Waals surface area (Å²) >= 11 is 1.87. The van der Waals surface area contributed by atoms with E-state index in [2.05, 4.69) is 23.0 Å². The highest BCUT2D eigenvalue weighted by molar-refractivity contribution is 7.98. The van der Waals surface area contributed by atoms with E-state index in [1.54, 1.807) is 0 Å². The normalized spacial score (nSPS) is 11.3. The van der Waals surface area contributed by atoms with Gasteiger partial charge in [0, 0.05) is 13.1 Å². The van der Waals surface area contributed by atoms with Gasteiger partial charge in [0.2, 0.25) is 0 Å². The fourth-order valence-corrected chi connectivity index (χ4v) is 2.38. The summed E-state index contributed by atoms with van der Waals surface area (Å²) in [7, 11) is 0. The summed E-state index contributed by atoms with van der Waals surface area (Å²) in [6.45, 7) is 7.89. The number of alkyl carbamates (subject to hydrolysis) is 1. The fourth-order valence-electron chi connectivity index (χ4n) is 1.95. The van der Waals surface area contributed by atoms with E-state index in [0.29, 0.717) is 6.54 Å². The first-order valence-electron chi connectivity index (χ1n) is 7.65. The van der Waals surface area contributed by atoms with Crippen molar-refractivity contribution in [1.82, 2.24) is 10.6 Å². The Morgan fingerprint density at radius 2 is 1.82 bits per heavy atom. The second kappa shape index (κ2) is 9.74. The Morgan fingerprint density at radius 1 is 1.18 bits per heavy atom. The van der Waals surface area contributed by atoms with Crippen molar-refractivity contribution >= 4 is 17.9 Å². The summed E-state index contributed by atoms with van der Waals surface area (Å²) in [5, 5.41) is 6.26. The van der Waals surface area contributed by atoms with Gasteiger partial charge in [-0.05, 0) is 56.9 Å². The molecule has 4 nitrogen and oxygen atoms in total. The summed E-state index contributed by atoms with van der Waals surface area (Å²) in [4.78, 5) is 11.7. The van der Waals surface area contributed by atoms with Crippen LogP contribution in [0.25, 0.3) is 0 Å². The zero-order chi connectivity index (χ0) is 16.4. The molecule has 0 radical (unpaired) electrons. The van der Waals surface area contributed by atoms with Crippen LogP contribution in [-0.2, 0) is 17.8 Å². The van der Waals surface area contributed by atoms with E-state index in [-0.39, 0.29) is 6.09 Å². The van der Waals surface area contributed by atoms with Crippen molar-refractivity contribution in [3.05, 3.63) is 35.4 Å². The van der Waals surface area contributed by atoms with Crippen LogP contribution in [0.3, 0.4) is 0 Å². The van der Waals surface area contributed by atoms with Crippen molar-refractivity contribution in [2.45, 2.75) is 45.9 Å². The molecule has 1 amide bonds. The number of carbonyl (C=O) groups excluding carboxylic acids is 1. The van der Waals surface area contributed by atoms with Gasteiger partial charge in [0.1, 0.15) is 5.60 Å². The minimum Gasteiger partial charge on any atom is -0.444 e. The number of amides is 1. The van der Waals surface area contributed by atoms with Crippen molar-refractivity contribution in [2.75, 3.05) is 18.6 Å². The van der Waals surface area contributed by atoms with Gasteiger partial charge in [-0.3, -0.25) is 0 Å². The maximum absolute atomic E-state index is 11.7. The zero-order valence-electron chi connectivity index (χ0n) is 14.1. The average Bonchev–Trinajstić information content (AvgIpc) is 2.44. The minimum atomic E-state index is -0.470. The lowest BCUT2D eigenvalue weighted by Gasteiger charge is -2.20. The Kier molecular flexibility index (Phi) is 8.35. The first-order valence-corrected chi connectivity index (χ1v) is 9.05. The third-order valence-electron chi connectivity index (χ3n) is 2.96. The second-order valence-electron chi connectivity index (χ2n) is 6.15. The number of nitrogens with one attached hydrogen (secondary N) is 2. The molecule has 0 aliphatic heterocycles. The molecule has 0 aliphatic carbocycles. The standard InChI is InChI=1S/C17H28N2O2S/c1-17(2,3)21-16(20)19-13-15-9-6-5-8-14(15)12-18-10-7-11-22-4/h5-6,8-9,18H,7,10-13H2,1-4H3,(H,19,20). The number of hydrogen-bond donors (Lipinski definition) is 2. The Morgan fingerprint density at radius 3 is 2.41 bits per heavy atom. The van der Waals surface area contributed by atoms with E-state index in [0.717, 1.165) is 18.7 Å². The molecule has 0 fully saturated rings. The molecule has 22 heavy (non-hydrogen) atoms. The van der Waals surface area contributed by atoms with Gasteiger partial charge in [0.15, 0.2) is 0 Å². The molecule has 0 bridgehead atoms. The number of hydrogen-bond acceptors (Lipinski definition) is 4. The van der Waals surface area contributed by atoms with Crippen LogP contribution in [0.4, 0.5) is 4.79 Å². The monoisotopic (exact) mass is 324 g/mol. The summed E-state index contributed by atoms with van der Waals surface area (Å²) in [6.07, 6.45) is 2.91. The molecule has 0 atom stereocenters. The summed E-state index contributed by atoms with van der Waals surface area (Å²) in [6, 6.07) is 8.14. The van der Waals surface area contributed by atoms with Crippen LogP contribution in [0.2, 0.25) is 0 Å². The largest absolute Gasteiger partial charge is 0.444 e. The van der Waals surface area contributed by atoms with E-state index < -0.39 is 5.60 Å². The first kappa shape index (κ1) is 18.8. The van der Waals surface area contributed by atoms with Gasteiger partial charge in [0.05, 0.1) is 0 Å². The molecule has 5 heteroatoms. The smallest absolute Gasteiger partial charge is 0.407 e. The van der Waals surface area contributed by atoms with Gasteiger partial charge in [-0.2, -0.15) is 11.8 Å². The van der Waals surface area contributed by atoms with Crippen molar-refractivity contribution in [3.8, 4) is 0 Å². The predicted octanol–water partition coefficient (Wildman–Crippen LogP) is 3.55. The van der Waals surface area contributed by atoms with E-state index in [4.69, 9.17) is 4.74 Å². The summed E-state index contributed by atoms with van der Waals surface area (Å²) in [5.41, 5.74) is 1.86. The molecule has 0 unspecified atom stereocenters. The van der Waals surface area contributed by atoms with E-state index in [1.807, 2.05) is 50.7 Å². The summed E-state index contributed by atoms with van der Waals surface area (Å²) in [5.74, 6) is 1.18. The van der Waals surface area contributed by atoms with Crippen LogP contribution < -0.4 is 10.6 Å². The molecule has 1 aromatic carbocycles. The molecule has 1 aromatic rings. The third-order valence-corrected chi connectivity index (χ3v) is 3.65. The van der Waals surface area contributed by atoms with E-state index in [1.165, 1.54) is 17.7 Å². The number of thioether (sulfide) groups is 1. The predicted molar refractivity (Wildman–Crippen MR) is 94.2 cm³/mol. The van der Waals surface area contributed by atoms with Crippen LogP contribution in [0.1, 0.15) is 38.3 Å². The van der Waals surface area contributed by atoms with Crippen molar-refractivity contribution in [3.63, 3.8) is 0 Å². The van der Waals surface area contributed by atoms with Gasteiger partial charge >= 0.3 is 6.09 Å². The number of carbonyl (C=O) groups is 1. The third kappa shape index (κ3) is 8.29. The first-order chi connectivity index (χ1) is 10.4. The summed E-state index contributed by atoms with van der Waals surface area (Å²) < 4.78 is 5.26. The second-order valence-corrected chi connectivity index (χ2v) is 7.13. The molecule has 0 aromatic heterocycles. The van der Waals surface area contributed by atoms with E-state index >= 15 is 0 Å². The Balaban J connectivity index is 2.44. The van der Waals surface area contributed by atoms with Gasteiger partial charge in [-0.1, -0.05) is 24.3 Å². The fraction of sp³-hybridized carbons (Fsp3) is 0.588. The van der Waals surface area contributed by atoms with Crippen molar-refractivity contribution in [2.24, 2.45) is 0 Å². The minimum absolute atomic E-state index is 0.379. The lowest BCUT2D eigenvalue weighted by atomic mass is 10.1. The SMILES string of the molecule is CSCCCNCc1ccccc1CNC(=O)OC(C)(C)C. The van der Waals surface area contributed by atoms with Crippen LogP contribution >= 0.6 is 11.8 Å². The molecule has 0 spiro atoms. The quantitative estimate of drug-likeness (QED) is 0.718. The van der Waals surface area contributed by atoms with E-state index in [9.17, 15) is 4.79 Å². The molecule has 0 saturated carbocycles. The highest BCUT2D eigenvalue weighted by atomic mass is 32.2.